The van der Waals surface area contributed by atoms with Gasteiger partial charge in [0.15, 0.2) is 5.69 Å². The maximum atomic E-state index is 10.4. The molecule has 6 heteroatoms. The van der Waals surface area contributed by atoms with Gasteiger partial charge in [0.2, 0.25) is 5.88 Å². The molecule has 2 aromatic carbocycles. The number of hydrogen-bond donors (Lipinski definition) is 2. The lowest BCUT2D eigenvalue weighted by Gasteiger charge is -2.03. The maximum absolute atomic E-state index is 10.4. The quantitative estimate of drug-likeness (QED) is 0.687. The molecule has 0 aliphatic carbocycles. The number of benzene rings is 2. The fraction of sp³-hybridized carbons (Fsp3) is 0.211. The minimum absolute atomic E-state index is 0.0398. The van der Waals surface area contributed by atoms with Crippen molar-refractivity contribution in [1.29, 1.82) is 0 Å². The summed E-state index contributed by atoms with van der Waals surface area (Å²) in [6.07, 6.45) is 0.612. The van der Waals surface area contributed by atoms with Gasteiger partial charge < -0.3 is 10.2 Å². The summed E-state index contributed by atoms with van der Waals surface area (Å²) in [7, 11) is 0. The molecule has 2 N–H and O–H groups in total. The van der Waals surface area contributed by atoms with Crippen LogP contribution in [-0.4, -0.2) is 26.6 Å². The van der Waals surface area contributed by atoms with E-state index in [4.69, 9.17) is 5.11 Å². The average molecular weight is 336 g/mol. The van der Waals surface area contributed by atoms with E-state index in [0.717, 1.165) is 16.8 Å². The third-order valence-electron chi connectivity index (χ3n) is 3.89. The van der Waals surface area contributed by atoms with Crippen LogP contribution in [0.2, 0.25) is 0 Å². The Morgan fingerprint density at radius 2 is 1.64 bits per heavy atom. The van der Waals surface area contributed by atoms with Gasteiger partial charge in [-0.2, -0.15) is 14.9 Å². The number of aryl methyl sites for hydroxylation is 2. The van der Waals surface area contributed by atoms with Gasteiger partial charge in [0, 0.05) is 6.61 Å². The van der Waals surface area contributed by atoms with Crippen LogP contribution in [0.4, 0.5) is 11.4 Å². The van der Waals surface area contributed by atoms with Crippen LogP contribution in [-0.2, 0) is 6.42 Å². The van der Waals surface area contributed by atoms with E-state index < -0.39 is 0 Å². The van der Waals surface area contributed by atoms with E-state index in [1.54, 1.807) is 6.92 Å². The Kier molecular flexibility index (Phi) is 4.90. The topological polar surface area (TPSA) is 83.0 Å². The monoisotopic (exact) mass is 336 g/mol. The number of nitrogens with zero attached hydrogens (tertiary/aromatic N) is 4. The highest BCUT2D eigenvalue weighted by Crippen LogP contribution is 2.33. The van der Waals surface area contributed by atoms with Crippen LogP contribution in [0.3, 0.4) is 0 Å². The maximum Gasteiger partial charge on any atom is 0.243 e. The van der Waals surface area contributed by atoms with Crippen LogP contribution >= 0.6 is 0 Å². The predicted octanol–water partition coefficient (Wildman–Crippen LogP) is 4.14. The molecule has 3 aromatic rings. The number of aliphatic hydroxyl groups excluding tert-OH is 1. The summed E-state index contributed by atoms with van der Waals surface area (Å²) >= 11 is 0. The van der Waals surface area contributed by atoms with Crippen molar-refractivity contribution in [2.75, 3.05) is 6.61 Å². The van der Waals surface area contributed by atoms with E-state index in [1.165, 1.54) is 4.68 Å². The fourth-order valence-corrected chi connectivity index (χ4v) is 2.46. The number of rotatable bonds is 5. The summed E-state index contributed by atoms with van der Waals surface area (Å²) in [5.74, 6) is -0.0398. The Bertz CT molecular complexity index is 881. The van der Waals surface area contributed by atoms with Crippen molar-refractivity contribution >= 4 is 11.4 Å². The minimum atomic E-state index is -0.0398. The molecule has 1 aromatic heterocycles. The second-order valence-corrected chi connectivity index (χ2v) is 5.85. The van der Waals surface area contributed by atoms with Gasteiger partial charge in [0.05, 0.1) is 17.1 Å². The molecule has 0 amide bonds. The first-order valence-corrected chi connectivity index (χ1v) is 8.05. The number of azo groups is 1. The van der Waals surface area contributed by atoms with E-state index in [0.29, 0.717) is 23.5 Å². The van der Waals surface area contributed by atoms with E-state index >= 15 is 0 Å². The van der Waals surface area contributed by atoms with Gasteiger partial charge in [-0.05, 0) is 50.1 Å². The number of aliphatic hydroxyl groups is 1. The smallest absolute Gasteiger partial charge is 0.243 e. The zero-order chi connectivity index (χ0) is 17.8. The van der Waals surface area contributed by atoms with Gasteiger partial charge >= 0.3 is 0 Å². The lowest BCUT2D eigenvalue weighted by molar-refractivity contribution is 0.299. The van der Waals surface area contributed by atoms with E-state index in [2.05, 4.69) is 15.3 Å². The summed E-state index contributed by atoms with van der Waals surface area (Å²) < 4.78 is 1.45. The normalized spacial score (nSPS) is 11.3. The highest BCUT2D eigenvalue weighted by Gasteiger charge is 2.15. The van der Waals surface area contributed by atoms with Crippen LogP contribution in [0.1, 0.15) is 16.8 Å². The molecule has 0 radical (unpaired) electrons. The highest BCUT2D eigenvalue weighted by atomic mass is 16.3. The minimum Gasteiger partial charge on any atom is -0.492 e. The van der Waals surface area contributed by atoms with Crippen LogP contribution in [0.5, 0.6) is 5.88 Å². The Morgan fingerprint density at radius 3 is 2.28 bits per heavy atom. The Labute approximate surface area is 146 Å². The van der Waals surface area contributed by atoms with Gasteiger partial charge in [0.25, 0.3) is 0 Å². The van der Waals surface area contributed by atoms with Crippen LogP contribution in [0.15, 0.2) is 58.8 Å². The summed E-state index contributed by atoms with van der Waals surface area (Å²) in [4.78, 5) is 0. The van der Waals surface area contributed by atoms with Crippen molar-refractivity contribution in [1.82, 2.24) is 9.78 Å². The second-order valence-electron chi connectivity index (χ2n) is 5.85. The van der Waals surface area contributed by atoms with E-state index in [-0.39, 0.29) is 12.5 Å². The first-order valence-electron chi connectivity index (χ1n) is 8.05. The molecule has 0 fully saturated rings. The summed E-state index contributed by atoms with van der Waals surface area (Å²) in [6.45, 7) is 3.90. The molecular formula is C19H20N4O2. The number of aromatic hydroxyl groups is 1. The molecular weight excluding hydrogens is 316 g/mol. The van der Waals surface area contributed by atoms with Gasteiger partial charge in [-0.25, -0.2) is 0 Å². The fourth-order valence-electron chi connectivity index (χ4n) is 2.46. The standard InChI is InChI=1S/C19H20N4O2/c1-13-3-9-17(10-4-13)23-19(25)18(14(2)22-23)21-20-16-7-5-15(6-8-16)11-12-24/h3-10,24-25H,11-12H2,1-2H3. The summed E-state index contributed by atoms with van der Waals surface area (Å²) in [5, 5.41) is 32.1. The van der Waals surface area contributed by atoms with Crippen LogP contribution in [0.25, 0.3) is 5.69 Å². The first kappa shape index (κ1) is 16.9. The zero-order valence-corrected chi connectivity index (χ0v) is 14.2. The van der Waals surface area contributed by atoms with Crippen molar-refractivity contribution in [3.63, 3.8) is 0 Å². The van der Waals surface area contributed by atoms with Crippen LogP contribution < -0.4 is 0 Å². The Morgan fingerprint density at radius 1 is 0.960 bits per heavy atom. The lowest BCUT2D eigenvalue weighted by atomic mass is 10.1. The molecule has 0 aliphatic heterocycles. The first-order chi connectivity index (χ1) is 12.1. The Balaban J connectivity index is 1.86. The zero-order valence-electron chi connectivity index (χ0n) is 14.2. The summed E-state index contributed by atoms with van der Waals surface area (Å²) in [5.41, 5.74) is 4.55. The van der Waals surface area contributed by atoms with Crippen molar-refractivity contribution in [3.8, 4) is 11.6 Å². The van der Waals surface area contributed by atoms with Crippen molar-refractivity contribution in [2.45, 2.75) is 20.3 Å². The molecule has 0 aliphatic rings. The molecule has 6 nitrogen and oxygen atoms in total. The molecule has 25 heavy (non-hydrogen) atoms. The molecule has 0 spiro atoms. The molecule has 0 bridgehead atoms. The molecule has 128 valence electrons. The van der Waals surface area contributed by atoms with Crippen molar-refractivity contribution in [3.05, 3.63) is 65.4 Å². The highest BCUT2D eigenvalue weighted by molar-refractivity contribution is 5.54. The largest absolute Gasteiger partial charge is 0.492 e. The van der Waals surface area contributed by atoms with Crippen LogP contribution in [0, 0.1) is 13.8 Å². The van der Waals surface area contributed by atoms with E-state index in [1.807, 2.05) is 55.5 Å². The molecule has 1 heterocycles. The molecule has 0 unspecified atom stereocenters. The van der Waals surface area contributed by atoms with Gasteiger partial charge in [-0.3, -0.25) is 0 Å². The summed E-state index contributed by atoms with van der Waals surface area (Å²) in [6, 6.07) is 15.1. The second kappa shape index (κ2) is 7.27. The predicted molar refractivity (Wildman–Crippen MR) is 96.1 cm³/mol. The molecule has 0 saturated heterocycles. The average Bonchev–Trinajstić information content (AvgIpc) is 2.90. The third kappa shape index (κ3) is 3.75. The Hall–Kier alpha value is -2.99. The van der Waals surface area contributed by atoms with Crippen molar-refractivity contribution < 1.29 is 10.2 Å². The van der Waals surface area contributed by atoms with E-state index in [9.17, 15) is 5.11 Å². The lowest BCUT2D eigenvalue weighted by Crippen LogP contribution is -1.95. The third-order valence-corrected chi connectivity index (χ3v) is 3.89. The number of aromatic nitrogens is 2. The van der Waals surface area contributed by atoms with Crippen molar-refractivity contribution in [2.24, 2.45) is 10.2 Å². The molecule has 0 saturated carbocycles. The van der Waals surface area contributed by atoms with Gasteiger partial charge in [-0.1, -0.05) is 29.8 Å². The van der Waals surface area contributed by atoms with Gasteiger partial charge in [-0.15, -0.1) is 5.11 Å². The molecule has 3 rings (SSSR count). The SMILES string of the molecule is Cc1ccc(-n2nc(C)c(N=Nc3ccc(CCO)cc3)c2O)cc1. The molecule has 0 atom stereocenters. The van der Waals surface area contributed by atoms with Gasteiger partial charge in [0.1, 0.15) is 0 Å². The number of hydrogen-bond acceptors (Lipinski definition) is 5.